The maximum absolute atomic E-state index is 5.88. The van der Waals surface area contributed by atoms with E-state index >= 15 is 0 Å². The van der Waals surface area contributed by atoms with E-state index in [0.29, 0.717) is 11.0 Å². The summed E-state index contributed by atoms with van der Waals surface area (Å²) in [5.41, 5.74) is 6.70. The highest BCUT2D eigenvalue weighted by Crippen LogP contribution is 2.43. The topological polar surface area (TPSA) is 63.8 Å². The Kier molecular flexibility index (Phi) is 5.46. The van der Waals surface area contributed by atoms with Crippen molar-refractivity contribution in [1.82, 2.24) is 29.9 Å². The van der Waals surface area contributed by atoms with Crippen LogP contribution in [0.2, 0.25) is 0 Å². The van der Waals surface area contributed by atoms with E-state index in [0.717, 1.165) is 22.8 Å². The molecule has 2 unspecified atom stereocenters. The van der Waals surface area contributed by atoms with Crippen molar-refractivity contribution in [2.75, 3.05) is 4.90 Å². The minimum atomic E-state index is -0.0849. The molecule has 1 aliphatic heterocycles. The van der Waals surface area contributed by atoms with Gasteiger partial charge in [0.25, 0.3) is 0 Å². The van der Waals surface area contributed by atoms with Gasteiger partial charge in [0, 0.05) is 28.8 Å². The third-order valence-corrected chi connectivity index (χ3v) is 6.64. The fraction of sp³-hybridized carbons (Fsp3) is 0.280. The van der Waals surface area contributed by atoms with E-state index < -0.39 is 0 Å². The number of aromatic nitrogens is 5. The van der Waals surface area contributed by atoms with Gasteiger partial charge >= 0.3 is 0 Å². The highest BCUT2D eigenvalue weighted by molar-refractivity contribution is 7.80. The first-order chi connectivity index (χ1) is 16.0. The van der Waals surface area contributed by atoms with Crippen molar-refractivity contribution >= 4 is 23.0 Å². The second-order valence-electron chi connectivity index (χ2n) is 8.72. The van der Waals surface area contributed by atoms with Crippen LogP contribution in [-0.4, -0.2) is 29.6 Å². The lowest BCUT2D eigenvalue weighted by Crippen LogP contribution is -2.29. The van der Waals surface area contributed by atoms with Crippen molar-refractivity contribution in [2.24, 2.45) is 0 Å². The van der Waals surface area contributed by atoms with Crippen LogP contribution in [0, 0.1) is 13.8 Å². The fourth-order valence-corrected chi connectivity index (χ4v) is 5.05. The van der Waals surface area contributed by atoms with E-state index in [1.807, 2.05) is 23.0 Å². The Labute approximate surface area is 199 Å². The van der Waals surface area contributed by atoms with Gasteiger partial charge in [-0.05, 0) is 67.9 Å². The number of hydrogen-bond acceptors (Lipinski definition) is 4. The van der Waals surface area contributed by atoms with Crippen LogP contribution in [0.3, 0.4) is 0 Å². The summed E-state index contributed by atoms with van der Waals surface area (Å²) in [6.07, 6.45) is 5.25. The number of benzene rings is 1. The molecule has 0 spiro atoms. The Balaban J connectivity index is 1.65. The largest absolute Gasteiger partial charge is 0.351 e. The van der Waals surface area contributed by atoms with Crippen LogP contribution in [0.4, 0.5) is 5.69 Å². The van der Waals surface area contributed by atoms with E-state index in [-0.39, 0.29) is 12.1 Å². The van der Waals surface area contributed by atoms with Crippen molar-refractivity contribution in [2.45, 2.75) is 45.7 Å². The van der Waals surface area contributed by atoms with Gasteiger partial charge in [0.05, 0.1) is 17.8 Å². The summed E-state index contributed by atoms with van der Waals surface area (Å²) < 4.78 is 4.01. The lowest BCUT2D eigenvalue weighted by Gasteiger charge is -2.28. The zero-order chi connectivity index (χ0) is 23.1. The predicted octanol–water partition coefficient (Wildman–Crippen LogP) is 4.70. The molecule has 4 aromatic rings. The smallest absolute Gasteiger partial charge is 0.174 e. The van der Waals surface area contributed by atoms with E-state index in [4.69, 9.17) is 12.2 Å². The number of aryl methyl sites for hydroxylation is 1. The molecule has 168 valence electrons. The Morgan fingerprint density at radius 3 is 2.36 bits per heavy atom. The highest BCUT2D eigenvalue weighted by Gasteiger charge is 2.42. The second-order valence-corrected chi connectivity index (χ2v) is 9.11. The molecule has 0 aliphatic carbocycles. The molecule has 0 radical (unpaired) electrons. The van der Waals surface area contributed by atoms with E-state index in [1.54, 1.807) is 12.7 Å². The van der Waals surface area contributed by atoms with Gasteiger partial charge in [-0.3, -0.25) is 9.66 Å². The van der Waals surface area contributed by atoms with Gasteiger partial charge < -0.3 is 10.2 Å². The number of anilines is 1. The normalized spacial score (nSPS) is 18.2. The minimum Gasteiger partial charge on any atom is -0.351 e. The SMILES string of the molecule is Cc1cc(C2C(c3ccccn3)NC(=S)N2c2ccc(C(C)C)cc2)c(C)n1-n1cnnc1. The summed E-state index contributed by atoms with van der Waals surface area (Å²) in [4.78, 5) is 6.88. The minimum absolute atomic E-state index is 0.0614. The quantitative estimate of drug-likeness (QED) is 0.438. The number of nitrogens with zero attached hydrogens (tertiary/aromatic N) is 6. The van der Waals surface area contributed by atoms with Crippen LogP contribution in [-0.2, 0) is 0 Å². The third kappa shape index (κ3) is 3.70. The van der Waals surface area contributed by atoms with Crippen molar-refractivity contribution in [3.05, 3.63) is 95.6 Å². The summed E-state index contributed by atoms with van der Waals surface area (Å²) in [6.45, 7) is 8.63. The van der Waals surface area contributed by atoms with Crippen LogP contribution >= 0.6 is 12.2 Å². The number of hydrogen-bond donors (Lipinski definition) is 1. The van der Waals surface area contributed by atoms with Crippen LogP contribution in [0.1, 0.15) is 60.1 Å². The standard InChI is InChI=1S/C25H27N7S/c1-16(2)19-8-10-20(11-9-19)31-24(23(29-25(31)33)22-7-5-6-12-26-22)21-13-17(3)32(18(21)4)30-14-27-28-15-30/h5-16,23-24H,1-4H3,(H,29,33). The van der Waals surface area contributed by atoms with E-state index in [9.17, 15) is 0 Å². The Bertz CT molecular complexity index is 1260. The molecule has 33 heavy (non-hydrogen) atoms. The Morgan fingerprint density at radius 1 is 1.00 bits per heavy atom. The highest BCUT2D eigenvalue weighted by atomic mass is 32.1. The van der Waals surface area contributed by atoms with Gasteiger partial charge in [-0.25, -0.2) is 4.68 Å². The summed E-state index contributed by atoms with van der Waals surface area (Å²) in [6, 6.07) is 16.8. The van der Waals surface area contributed by atoms with E-state index in [1.165, 1.54) is 11.1 Å². The van der Waals surface area contributed by atoms with Gasteiger partial charge in [0.1, 0.15) is 12.7 Å². The van der Waals surface area contributed by atoms with Gasteiger partial charge in [-0.15, -0.1) is 10.2 Å². The zero-order valence-electron chi connectivity index (χ0n) is 19.2. The van der Waals surface area contributed by atoms with Crippen molar-refractivity contribution in [1.29, 1.82) is 0 Å². The van der Waals surface area contributed by atoms with Crippen molar-refractivity contribution in [3.63, 3.8) is 0 Å². The molecule has 3 aromatic heterocycles. The lowest BCUT2D eigenvalue weighted by molar-refractivity contribution is 0.557. The van der Waals surface area contributed by atoms with Crippen molar-refractivity contribution < 1.29 is 0 Å². The number of nitrogens with one attached hydrogen (secondary N) is 1. The molecule has 7 nitrogen and oxygen atoms in total. The molecular formula is C25H27N7S. The Hall–Kier alpha value is -3.52. The zero-order valence-corrected chi connectivity index (χ0v) is 20.0. The maximum atomic E-state index is 5.88. The summed E-state index contributed by atoms with van der Waals surface area (Å²) in [7, 11) is 0. The first-order valence-corrected chi connectivity index (χ1v) is 11.5. The molecule has 8 heteroatoms. The van der Waals surface area contributed by atoms with Gasteiger partial charge in [-0.1, -0.05) is 32.0 Å². The van der Waals surface area contributed by atoms with Crippen LogP contribution in [0.15, 0.2) is 67.4 Å². The first kappa shape index (κ1) is 21.3. The molecule has 1 fully saturated rings. The monoisotopic (exact) mass is 457 g/mol. The molecular weight excluding hydrogens is 430 g/mol. The molecule has 1 saturated heterocycles. The average Bonchev–Trinajstić information content (AvgIpc) is 3.52. The molecule has 0 amide bonds. The molecule has 1 aromatic carbocycles. The van der Waals surface area contributed by atoms with Crippen LogP contribution in [0.5, 0.6) is 0 Å². The Morgan fingerprint density at radius 2 is 1.73 bits per heavy atom. The maximum Gasteiger partial charge on any atom is 0.174 e. The first-order valence-electron chi connectivity index (χ1n) is 11.1. The molecule has 5 rings (SSSR count). The van der Waals surface area contributed by atoms with Crippen LogP contribution in [0.25, 0.3) is 0 Å². The van der Waals surface area contributed by atoms with Gasteiger partial charge in [0.15, 0.2) is 5.11 Å². The lowest BCUT2D eigenvalue weighted by atomic mass is 9.96. The average molecular weight is 458 g/mol. The molecule has 4 heterocycles. The number of pyridine rings is 1. The van der Waals surface area contributed by atoms with Crippen molar-refractivity contribution in [3.8, 4) is 0 Å². The molecule has 2 atom stereocenters. The fourth-order valence-electron chi connectivity index (χ4n) is 4.70. The molecule has 1 N–H and O–H groups in total. The third-order valence-electron chi connectivity index (χ3n) is 6.33. The molecule has 1 aliphatic rings. The summed E-state index contributed by atoms with van der Waals surface area (Å²) >= 11 is 5.88. The number of rotatable bonds is 5. The predicted molar refractivity (Wildman–Crippen MR) is 133 cm³/mol. The van der Waals surface area contributed by atoms with Gasteiger partial charge in [-0.2, -0.15) is 0 Å². The van der Waals surface area contributed by atoms with Gasteiger partial charge in [0.2, 0.25) is 0 Å². The second kappa shape index (κ2) is 8.44. The summed E-state index contributed by atoms with van der Waals surface area (Å²) in [5.74, 6) is 0.475. The van der Waals surface area contributed by atoms with E-state index in [2.05, 4.69) is 94.2 Å². The summed E-state index contributed by atoms with van der Waals surface area (Å²) in [5, 5.41) is 12.2. The number of thiocarbonyl (C=S) groups is 1. The molecule has 0 bridgehead atoms. The van der Waals surface area contributed by atoms with Crippen LogP contribution < -0.4 is 10.2 Å². The molecule has 0 saturated carbocycles.